The summed E-state index contributed by atoms with van der Waals surface area (Å²) < 4.78 is 7.59. The molecule has 27 heavy (non-hydrogen) atoms. The van der Waals surface area contributed by atoms with E-state index >= 15 is 0 Å². The van der Waals surface area contributed by atoms with E-state index in [1.807, 2.05) is 58.0 Å². The number of carbonyl (C=O) groups excluding carboxylic acids is 1. The summed E-state index contributed by atoms with van der Waals surface area (Å²) in [6.45, 7) is 0.698. The molecule has 0 bridgehead atoms. The highest BCUT2D eigenvalue weighted by Gasteiger charge is 2.32. The molecule has 1 aliphatic heterocycles. The van der Waals surface area contributed by atoms with Gasteiger partial charge in [-0.25, -0.2) is 4.98 Å². The van der Waals surface area contributed by atoms with Crippen LogP contribution in [0.5, 0.6) is 0 Å². The van der Waals surface area contributed by atoms with E-state index in [1.54, 1.807) is 6.08 Å². The van der Waals surface area contributed by atoms with Crippen molar-refractivity contribution in [1.29, 1.82) is 0 Å². The molecule has 1 amide bonds. The van der Waals surface area contributed by atoms with Gasteiger partial charge in [0.15, 0.2) is 17.1 Å². The summed E-state index contributed by atoms with van der Waals surface area (Å²) >= 11 is 0. The number of para-hydroxylation sites is 2. The molecule has 7 nitrogen and oxygen atoms in total. The van der Waals surface area contributed by atoms with E-state index in [9.17, 15) is 4.79 Å². The van der Waals surface area contributed by atoms with Gasteiger partial charge in [-0.05, 0) is 37.1 Å². The van der Waals surface area contributed by atoms with Crippen molar-refractivity contribution in [3.05, 3.63) is 66.5 Å². The molecule has 0 aliphatic carbocycles. The third-order valence-corrected chi connectivity index (χ3v) is 4.85. The molecule has 1 fully saturated rings. The number of oxazole rings is 1. The maximum atomic E-state index is 12.8. The van der Waals surface area contributed by atoms with Gasteiger partial charge in [-0.3, -0.25) is 9.20 Å². The van der Waals surface area contributed by atoms with E-state index in [1.165, 1.54) is 6.08 Å². The van der Waals surface area contributed by atoms with Crippen LogP contribution in [-0.4, -0.2) is 36.9 Å². The number of likely N-dealkylation sites (tertiary alicyclic amines) is 1. The van der Waals surface area contributed by atoms with Crippen molar-refractivity contribution in [2.24, 2.45) is 0 Å². The Morgan fingerprint density at radius 2 is 2.04 bits per heavy atom. The number of hydrogen-bond donors (Lipinski definition) is 0. The average Bonchev–Trinajstić information content (AvgIpc) is 3.42. The van der Waals surface area contributed by atoms with Crippen molar-refractivity contribution in [2.75, 3.05) is 6.54 Å². The number of nitrogens with zero attached hydrogens (tertiary/aromatic N) is 5. The Morgan fingerprint density at radius 1 is 1.15 bits per heavy atom. The molecule has 0 spiro atoms. The summed E-state index contributed by atoms with van der Waals surface area (Å²) in [6.07, 6.45) is 6.89. The number of pyridine rings is 1. The minimum atomic E-state index is -0.0804. The maximum absolute atomic E-state index is 12.8. The summed E-state index contributed by atoms with van der Waals surface area (Å²) in [7, 11) is 0. The van der Waals surface area contributed by atoms with Gasteiger partial charge >= 0.3 is 0 Å². The highest BCUT2D eigenvalue weighted by Crippen LogP contribution is 2.31. The van der Waals surface area contributed by atoms with Crippen LogP contribution < -0.4 is 0 Å². The predicted octanol–water partition coefficient (Wildman–Crippen LogP) is 3.25. The number of hydrogen-bond acceptors (Lipinski definition) is 5. The molecular weight excluding hydrogens is 342 g/mol. The number of benzene rings is 1. The number of aromatic nitrogens is 4. The Hall–Kier alpha value is -3.48. The molecular formula is C20H17N5O2. The van der Waals surface area contributed by atoms with Crippen LogP contribution in [0.15, 0.2) is 59.2 Å². The maximum Gasteiger partial charge on any atom is 0.247 e. The normalized spacial score (nSPS) is 17.5. The molecule has 5 rings (SSSR count). The fourth-order valence-electron chi connectivity index (χ4n) is 3.59. The van der Waals surface area contributed by atoms with Crippen LogP contribution in [0.3, 0.4) is 0 Å². The molecule has 7 heteroatoms. The SMILES string of the molecule is O=C(/C=C/c1nc2ccccc2o1)N1CCC[C@@H]1c1nnc2ccccn12. The number of fused-ring (bicyclic) bond motifs is 2. The summed E-state index contributed by atoms with van der Waals surface area (Å²) in [6, 6.07) is 13.2. The Morgan fingerprint density at radius 3 is 2.96 bits per heavy atom. The van der Waals surface area contributed by atoms with E-state index in [0.29, 0.717) is 18.0 Å². The Balaban J connectivity index is 1.40. The van der Waals surface area contributed by atoms with Crippen LogP contribution in [-0.2, 0) is 4.79 Å². The van der Waals surface area contributed by atoms with Crippen molar-refractivity contribution in [1.82, 2.24) is 24.5 Å². The van der Waals surface area contributed by atoms with Gasteiger partial charge in [0, 0.05) is 24.9 Å². The molecule has 1 aromatic carbocycles. The zero-order chi connectivity index (χ0) is 18.2. The van der Waals surface area contributed by atoms with E-state index in [-0.39, 0.29) is 11.9 Å². The minimum absolute atomic E-state index is 0.0764. The van der Waals surface area contributed by atoms with Gasteiger partial charge in [0.1, 0.15) is 5.52 Å². The van der Waals surface area contributed by atoms with Gasteiger partial charge < -0.3 is 9.32 Å². The van der Waals surface area contributed by atoms with E-state index in [4.69, 9.17) is 4.42 Å². The van der Waals surface area contributed by atoms with Crippen molar-refractivity contribution >= 4 is 28.7 Å². The highest BCUT2D eigenvalue weighted by atomic mass is 16.3. The standard InChI is InChI=1S/C20H17N5O2/c26-19(11-10-18-21-14-6-1-2-8-16(14)27-18)24-13-5-7-15(24)20-23-22-17-9-3-4-12-25(17)20/h1-4,6,8-12,15H,5,7,13H2/b11-10+/t15-/m1/s1. The lowest BCUT2D eigenvalue weighted by Crippen LogP contribution is -2.30. The highest BCUT2D eigenvalue weighted by molar-refractivity contribution is 5.92. The van der Waals surface area contributed by atoms with Gasteiger partial charge in [0.2, 0.25) is 11.8 Å². The van der Waals surface area contributed by atoms with Gasteiger partial charge in [0.05, 0.1) is 6.04 Å². The summed E-state index contributed by atoms with van der Waals surface area (Å²) in [4.78, 5) is 19.0. The molecule has 134 valence electrons. The van der Waals surface area contributed by atoms with Gasteiger partial charge in [-0.15, -0.1) is 10.2 Å². The quantitative estimate of drug-likeness (QED) is 0.525. The first-order valence-corrected chi connectivity index (χ1v) is 8.93. The topological polar surface area (TPSA) is 76.5 Å². The summed E-state index contributed by atoms with van der Waals surface area (Å²) in [5.41, 5.74) is 2.27. The first kappa shape index (κ1) is 15.7. The van der Waals surface area contributed by atoms with Gasteiger partial charge in [-0.1, -0.05) is 18.2 Å². The zero-order valence-electron chi connectivity index (χ0n) is 14.5. The number of carbonyl (C=O) groups is 1. The Kier molecular flexibility index (Phi) is 3.71. The smallest absolute Gasteiger partial charge is 0.247 e. The molecule has 0 unspecified atom stereocenters. The third kappa shape index (κ3) is 2.77. The fraction of sp³-hybridized carbons (Fsp3) is 0.200. The van der Waals surface area contributed by atoms with Crippen molar-refractivity contribution in [3.63, 3.8) is 0 Å². The molecule has 1 saturated heterocycles. The molecule has 0 radical (unpaired) electrons. The van der Waals surface area contributed by atoms with Crippen molar-refractivity contribution in [2.45, 2.75) is 18.9 Å². The van der Waals surface area contributed by atoms with Crippen LogP contribution >= 0.6 is 0 Å². The minimum Gasteiger partial charge on any atom is -0.437 e. The molecule has 1 aliphatic rings. The fourth-order valence-corrected chi connectivity index (χ4v) is 3.59. The largest absolute Gasteiger partial charge is 0.437 e. The van der Waals surface area contributed by atoms with Gasteiger partial charge in [-0.2, -0.15) is 0 Å². The van der Waals surface area contributed by atoms with Gasteiger partial charge in [0.25, 0.3) is 0 Å². The number of amides is 1. The lowest BCUT2D eigenvalue weighted by Gasteiger charge is -2.21. The molecule has 4 heterocycles. The average molecular weight is 359 g/mol. The second-order valence-electron chi connectivity index (χ2n) is 6.53. The van der Waals surface area contributed by atoms with Crippen molar-refractivity contribution < 1.29 is 9.21 Å². The third-order valence-electron chi connectivity index (χ3n) is 4.85. The van der Waals surface area contributed by atoms with Crippen LogP contribution in [0, 0.1) is 0 Å². The molecule has 0 saturated carbocycles. The summed E-state index contributed by atoms with van der Waals surface area (Å²) in [5.74, 6) is 1.15. The van der Waals surface area contributed by atoms with Crippen LogP contribution in [0.2, 0.25) is 0 Å². The molecule has 0 N–H and O–H groups in total. The molecule has 4 aromatic rings. The van der Waals surface area contributed by atoms with E-state index in [2.05, 4.69) is 15.2 Å². The van der Waals surface area contributed by atoms with Crippen LogP contribution in [0.25, 0.3) is 22.8 Å². The second-order valence-corrected chi connectivity index (χ2v) is 6.53. The Bertz CT molecular complexity index is 1130. The molecule has 3 aromatic heterocycles. The lowest BCUT2D eigenvalue weighted by atomic mass is 10.2. The molecule has 1 atom stereocenters. The zero-order valence-corrected chi connectivity index (χ0v) is 14.5. The summed E-state index contributed by atoms with van der Waals surface area (Å²) in [5, 5.41) is 8.53. The van der Waals surface area contributed by atoms with Crippen LogP contribution in [0.4, 0.5) is 0 Å². The Labute approximate surface area is 154 Å². The first-order chi connectivity index (χ1) is 13.3. The van der Waals surface area contributed by atoms with E-state index < -0.39 is 0 Å². The monoisotopic (exact) mass is 359 g/mol. The second kappa shape index (κ2) is 6.35. The van der Waals surface area contributed by atoms with Crippen molar-refractivity contribution in [3.8, 4) is 0 Å². The lowest BCUT2D eigenvalue weighted by molar-refractivity contribution is -0.127. The van der Waals surface area contributed by atoms with E-state index in [0.717, 1.165) is 29.8 Å². The van der Waals surface area contributed by atoms with Crippen LogP contribution in [0.1, 0.15) is 30.6 Å². The number of rotatable bonds is 3. The first-order valence-electron chi connectivity index (χ1n) is 8.93. The predicted molar refractivity (Wildman–Crippen MR) is 99.7 cm³/mol.